The van der Waals surface area contributed by atoms with Gasteiger partial charge in [0.05, 0.1) is 0 Å². The van der Waals surface area contributed by atoms with Crippen molar-refractivity contribution in [3.05, 3.63) is 12.3 Å². The summed E-state index contributed by atoms with van der Waals surface area (Å²) in [5.74, 6) is 0. The van der Waals surface area contributed by atoms with Crippen LogP contribution >= 0.6 is 0 Å². The Labute approximate surface area is 81.4 Å². The molecule has 1 saturated heterocycles. The summed E-state index contributed by atoms with van der Waals surface area (Å²) in [5, 5.41) is 3.18. The highest BCUT2D eigenvalue weighted by atomic mass is 15.3. The lowest BCUT2D eigenvalue weighted by molar-refractivity contribution is 0.161. The molecule has 1 heterocycles. The number of rotatable bonds is 4. The smallest absolute Gasteiger partial charge is 0.0303 e. The fourth-order valence-electron chi connectivity index (χ4n) is 1.62. The second-order valence-electron chi connectivity index (χ2n) is 3.67. The maximum absolute atomic E-state index is 3.96. The third-order valence-electron chi connectivity index (χ3n) is 2.59. The fourth-order valence-corrected chi connectivity index (χ4v) is 1.62. The summed E-state index contributed by atoms with van der Waals surface area (Å²) < 4.78 is 0. The predicted octanol–water partition coefficient (Wildman–Crippen LogP) is 0.357. The molecule has 0 spiro atoms. The third-order valence-corrected chi connectivity index (χ3v) is 2.59. The van der Waals surface area contributed by atoms with Gasteiger partial charge in [0.2, 0.25) is 0 Å². The summed E-state index contributed by atoms with van der Waals surface area (Å²) in [7, 11) is 2.00. The van der Waals surface area contributed by atoms with E-state index in [9.17, 15) is 0 Å². The maximum Gasteiger partial charge on any atom is 0.0303 e. The highest BCUT2D eigenvalue weighted by molar-refractivity contribution is 4.91. The molecule has 1 aliphatic rings. The molecule has 0 radical (unpaired) electrons. The zero-order valence-electron chi connectivity index (χ0n) is 8.84. The lowest BCUT2D eigenvalue weighted by Crippen LogP contribution is -2.46. The lowest BCUT2D eigenvalue weighted by Gasteiger charge is -2.36. The van der Waals surface area contributed by atoms with Crippen LogP contribution in [0.3, 0.4) is 0 Å². The minimum absolute atomic E-state index is 1.09. The van der Waals surface area contributed by atoms with Crippen LogP contribution in [0, 0.1) is 0 Å². The second kappa shape index (κ2) is 5.25. The standard InChI is InChI=1S/C10H21N3/c1-10(2)13-8-6-12(7-9-13)5-4-11-3/h11H,1,4-9H2,2-3H3. The Kier molecular flexibility index (Phi) is 4.25. The van der Waals surface area contributed by atoms with Crippen LogP contribution < -0.4 is 5.32 Å². The van der Waals surface area contributed by atoms with E-state index in [4.69, 9.17) is 0 Å². The van der Waals surface area contributed by atoms with Gasteiger partial charge < -0.3 is 10.2 Å². The second-order valence-corrected chi connectivity index (χ2v) is 3.67. The molecular weight excluding hydrogens is 162 g/mol. The SMILES string of the molecule is C=C(C)N1CCN(CCNC)CC1. The molecule has 0 aliphatic carbocycles. The van der Waals surface area contributed by atoms with Gasteiger partial charge in [-0.1, -0.05) is 6.58 Å². The highest BCUT2D eigenvalue weighted by Gasteiger charge is 2.14. The summed E-state index contributed by atoms with van der Waals surface area (Å²) in [6.07, 6.45) is 0. The van der Waals surface area contributed by atoms with Crippen LogP contribution in [0.5, 0.6) is 0 Å². The van der Waals surface area contributed by atoms with Crippen molar-refractivity contribution in [3.63, 3.8) is 0 Å². The van der Waals surface area contributed by atoms with Gasteiger partial charge in [0.15, 0.2) is 0 Å². The highest BCUT2D eigenvalue weighted by Crippen LogP contribution is 2.06. The maximum atomic E-state index is 3.96. The van der Waals surface area contributed by atoms with Gasteiger partial charge in [0.1, 0.15) is 0 Å². The van der Waals surface area contributed by atoms with Gasteiger partial charge in [0, 0.05) is 45.0 Å². The fraction of sp³-hybridized carbons (Fsp3) is 0.800. The molecule has 3 nitrogen and oxygen atoms in total. The Morgan fingerprint density at radius 1 is 1.31 bits per heavy atom. The van der Waals surface area contributed by atoms with Crippen molar-refractivity contribution in [2.75, 3.05) is 46.3 Å². The minimum atomic E-state index is 1.09. The van der Waals surface area contributed by atoms with Crippen molar-refractivity contribution in [1.82, 2.24) is 15.1 Å². The molecule has 13 heavy (non-hydrogen) atoms. The van der Waals surface area contributed by atoms with Crippen molar-refractivity contribution >= 4 is 0 Å². The van der Waals surface area contributed by atoms with Crippen LogP contribution in [0.2, 0.25) is 0 Å². The molecule has 0 aromatic heterocycles. The molecule has 0 amide bonds. The first kappa shape index (κ1) is 10.5. The van der Waals surface area contributed by atoms with Crippen molar-refractivity contribution < 1.29 is 0 Å². The van der Waals surface area contributed by atoms with Crippen LogP contribution in [0.15, 0.2) is 12.3 Å². The summed E-state index contributed by atoms with van der Waals surface area (Å²) in [4.78, 5) is 4.85. The summed E-state index contributed by atoms with van der Waals surface area (Å²) in [6, 6.07) is 0. The van der Waals surface area contributed by atoms with Crippen LogP contribution in [0.25, 0.3) is 0 Å². The van der Waals surface area contributed by atoms with E-state index in [2.05, 4.69) is 28.6 Å². The number of hydrogen-bond donors (Lipinski definition) is 1. The number of likely N-dealkylation sites (N-methyl/N-ethyl adjacent to an activating group) is 1. The average Bonchev–Trinajstić information content (AvgIpc) is 2.15. The molecule has 1 aliphatic heterocycles. The van der Waals surface area contributed by atoms with E-state index in [1.165, 1.54) is 25.3 Å². The lowest BCUT2D eigenvalue weighted by atomic mass is 10.3. The number of nitrogens with one attached hydrogen (secondary N) is 1. The first-order valence-corrected chi connectivity index (χ1v) is 5.01. The average molecular weight is 183 g/mol. The number of nitrogens with zero attached hydrogens (tertiary/aromatic N) is 2. The number of allylic oxidation sites excluding steroid dienone is 1. The van der Waals surface area contributed by atoms with Crippen LogP contribution in [0.4, 0.5) is 0 Å². The van der Waals surface area contributed by atoms with Crippen molar-refractivity contribution in [3.8, 4) is 0 Å². The first-order chi connectivity index (χ1) is 6.24. The van der Waals surface area contributed by atoms with Crippen molar-refractivity contribution in [2.24, 2.45) is 0 Å². The molecule has 0 aromatic rings. The van der Waals surface area contributed by atoms with Gasteiger partial charge in [0.25, 0.3) is 0 Å². The van der Waals surface area contributed by atoms with Gasteiger partial charge >= 0.3 is 0 Å². The molecule has 0 unspecified atom stereocenters. The summed E-state index contributed by atoms with van der Waals surface area (Å²) in [5.41, 5.74) is 1.20. The van der Waals surface area contributed by atoms with Crippen LogP contribution in [-0.2, 0) is 0 Å². The van der Waals surface area contributed by atoms with Crippen molar-refractivity contribution in [2.45, 2.75) is 6.92 Å². The molecular formula is C10H21N3. The van der Waals surface area contributed by atoms with E-state index >= 15 is 0 Å². The summed E-state index contributed by atoms with van der Waals surface area (Å²) >= 11 is 0. The van der Waals surface area contributed by atoms with Gasteiger partial charge in [-0.05, 0) is 14.0 Å². The Morgan fingerprint density at radius 2 is 1.92 bits per heavy atom. The van der Waals surface area contributed by atoms with E-state index in [-0.39, 0.29) is 0 Å². The molecule has 1 N–H and O–H groups in total. The van der Waals surface area contributed by atoms with Gasteiger partial charge in [-0.25, -0.2) is 0 Å². The quantitative estimate of drug-likeness (QED) is 0.679. The molecule has 1 fully saturated rings. The molecule has 1 rings (SSSR count). The molecule has 0 saturated carbocycles. The molecule has 3 heteroatoms. The Morgan fingerprint density at radius 3 is 2.38 bits per heavy atom. The zero-order valence-corrected chi connectivity index (χ0v) is 8.84. The Bertz CT molecular complexity index is 160. The topological polar surface area (TPSA) is 18.5 Å². The third kappa shape index (κ3) is 3.36. The monoisotopic (exact) mass is 183 g/mol. The molecule has 0 bridgehead atoms. The van der Waals surface area contributed by atoms with Gasteiger partial charge in [-0.3, -0.25) is 4.90 Å². The van der Waals surface area contributed by atoms with Crippen LogP contribution in [0.1, 0.15) is 6.92 Å². The van der Waals surface area contributed by atoms with E-state index in [0.717, 1.165) is 19.6 Å². The van der Waals surface area contributed by atoms with Gasteiger partial charge in [-0.15, -0.1) is 0 Å². The Hall–Kier alpha value is -0.540. The predicted molar refractivity (Wildman–Crippen MR) is 56.8 cm³/mol. The zero-order chi connectivity index (χ0) is 9.68. The normalized spacial score (nSPS) is 19.1. The van der Waals surface area contributed by atoms with Crippen molar-refractivity contribution in [1.29, 1.82) is 0 Å². The van der Waals surface area contributed by atoms with E-state index < -0.39 is 0 Å². The largest absolute Gasteiger partial charge is 0.373 e. The van der Waals surface area contributed by atoms with E-state index in [1.807, 2.05) is 7.05 Å². The first-order valence-electron chi connectivity index (χ1n) is 5.01. The molecule has 0 atom stereocenters. The number of piperazine rings is 1. The summed E-state index contributed by atoms with van der Waals surface area (Å²) in [6.45, 7) is 12.9. The minimum Gasteiger partial charge on any atom is -0.373 e. The van der Waals surface area contributed by atoms with E-state index in [1.54, 1.807) is 0 Å². The van der Waals surface area contributed by atoms with E-state index in [0.29, 0.717) is 0 Å². The van der Waals surface area contributed by atoms with Gasteiger partial charge in [-0.2, -0.15) is 0 Å². The molecule has 76 valence electrons. The molecule has 0 aromatic carbocycles. The number of hydrogen-bond acceptors (Lipinski definition) is 3. The Balaban J connectivity index is 2.18. The van der Waals surface area contributed by atoms with Crippen LogP contribution in [-0.4, -0.2) is 56.1 Å².